The lowest BCUT2D eigenvalue weighted by molar-refractivity contribution is 1.05. The summed E-state index contributed by atoms with van der Waals surface area (Å²) in [6.07, 6.45) is 1.67. The molecular weight excluding hydrogens is 128 g/mol. The molecule has 0 unspecified atom stereocenters. The predicted molar refractivity (Wildman–Crippen MR) is 37.7 cm³/mol. The van der Waals surface area contributed by atoms with E-state index in [1.54, 1.807) is 18.3 Å². The second kappa shape index (κ2) is 2.91. The molecule has 0 amide bonds. The van der Waals surface area contributed by atoms with Crippen LogP contribution in [0.5, 0.6) is 0 Å². The molecule has 52 valence electrons. The maximum Gasteiger partial charge on any atom is 0.0907 e. The summed E-state index contributed by atoms with van der Waals surface area (Å²) in [4.78, 5) is 3.98. The number of nitrogens with zero attached hydrogens (tertiary/aromatic N) is 3. The monoisotopic (exact) mass is 136 g/mol. The van der Waals surface area contributed by atoms with Gasteiger partial charge in [-0.15, -0.1) is 5.11 Å². The van der Waals surface area contributed by atoms with E-state index in [0.29, 0.717) is 0 Å². The number of aryl methyl sites for hydroxylation is 1. The standard InChI is InChI=1S/C6H8N4/c1-5-4-6(9-10-7)2-3-8-5/h2-4H,1H3,(H2,7,8,9). The normalized spacial score (nSPS) is 10.5. The number of pyridine rings is 1. The fourth-order valence-corrected chi connectivity index (χ4v) is 0.659. The molecule has 0 saturated heterocycles. The molecule has 0 radical (unpaired) electrons. The Bertz CT molecular complexity index is 243. The molecule has 0 fully saturated rings. The summed E-state index contributed by atoms with van der Waals surface area (Å²) in [7, 11) is 0. The number of rotatable bonds is 1. The fourth-order valence-electron chi connectivity index (χ4n) is 0.659. The molecule has 0 spiro atoms. The Balaban J connectivity index is 2.95. The molecule has 1 aromatic rings. The zero-order chi connectivity index (χ0) is 7.40. The van der Waals surface area contributed by atoms with Gasteiger partial charge in [-0.25, -0.2) is 0 Å². The van der Waals surface area contributed by atoms with Crippen molar-refractivity contribution in [1.29, 1.82) is 0 Å². The molecule has 0 aliphatic carbocycles. The van der Waals surface area contributed by atoms with Crippen molar-refractivity contribution in [1.82, 2.24) is 4.98 Å². The molecule has 2 N–H and O–H groups in total. The van der Waals surface area contributed by atoms with Crippen molar-refractivity contribution in [3.63, 3.8) is 0 Å². The van der Waals surface area contributed by atoms with Gasteiger partial charge in [-0.2, -0.15) is 0 Å². The van der Waals surface area contributed by atoms with Gasteiger partial charge in [0.05, 0.1) is 5.69 Å². The molecule has 0 bridgehead atoms. The highest BCUT2D eigenvalue weighted by molar-refractivity contribution is 5.35. The van der Waals surface area contributed by atoms with Crippen molar-refractivity contribution in [3.05, 3.63) is 24.0 Å². The topological polar surface area (TPSA) is 63.6 Å². The van der Waals surface area contributed by atoms with E-state index in [1.165, 1.54) is 0 Å². The molecule has 4 heteroatoms. The Morgan fingerprint density at radius 3 is 3.00 bits per heavy atom. The Hall–Kier alpha value is -1.45. The molecule has 1 aromatic heterocycles. The van der Waals surface area contributed by atoms with Crippen LogP contribution in [0.4, 0.5) is 5.69 Å². The molecule has 1 rings (SSSR count). The molecule has 0 saturated carbocycles. The zero-order valence-corrected chi connectivity index (χ0v) is 5.65. The van der Waals surface area contributed by atoms with Crippen LogP contribution in [0.1, 0.15) is 5.69 Å². The van der Waals surface area contributed by atoms with Gasteiger partial charge in [0, 0.05) is 11.9 Å². The minimum atomic E-state index is 0.731. The Labute approximate surface area is 58.8 Å². The van der Waals surface area contributed by atoms with Crippen LogP contribution in [0.15, 0.2) is 28.7 Å². The molecule has 1 heterocycles. The number of hydrogen-bond donors (Lipinski definition) is 1. The van der Waals surface area contributed by atoms with Gasteiger partial charge < -0.3 is 5.84 Å². The van der Waals surface area contributed by atoms with Crippen molar-refractivity contribution in [2.75, 3.05) is 0 Å². The summed E-state index contributed by atoms with van der Waals surface area (Å²) in [5.41, 5.74) is 1.64. The van der Waals surface area contributed by atoms with Crippen LogP contribution >= 0.6 is 0 Å². The van der Waals surface area contributed by atoms with Gasteiger partial charge in [-0.1, -0.05) is 5.22 Å². The third-order valence-electron chi connectivity index (χ3n) is 1.05. The molecule has 10 heavy (non-hydrogen) atoms. The van der Waals surface area contributed by atoms with E-state index in [4.69, 9.17) is 5.84 Å². The first-order valence-electron chi connectivity index (χ1n) is 2.86. The Kier molecular flexibility index (Phi) is 1.94. The smallest absolute Gasteiger partial charge is 0.0907 e. The Morgan fingerprint density at radius 2 is 2.40 bits per heavy atom. The van der Waals surface area contributed by atoms with Crippen LogP contribution in [0.25, 0.3) is 0 Å². The van der Waals surface area contributed by atoms with Gasteiger partial charge in [0.25, 0.3) is 0 Å². The van der Waals surface area contributed by atoms with E-state index < -0.39 is 0 Å². The molecule has 0 aliphatic heterocycles. The van der Waals surface area contributed by atoms with Crippen LogP contribution in [-0.4, -0.2) is 4.98 Å². The average molecular weight is 136 g/mol. The molecule has 0 atom stereocenters. The van der Waals surface area contributed by atoms with E-state index in [9.17, 15) is 0 Å². The minimum Gasteiger partial charge on any atom is -0.305 e. The van der Waals surface area contributed by atoms with Gasteiger partial charge >= 0.3 is 0 Å². The largest absolute Gasteiger partial charge is 0.305 e. The van der Waals surface area contributed by atoms with E-state index in [1.807, 2.05) is 6.92 Å². The summed E-state index contributed by atoms with van der Waals surface area (Å²) in [6.45, 7) is 1.88. The highest BCUT2D eigenvalue weighted by atomic mass is 15.3. The third-order valence-corrected chi connectivity index (χ3v) is 1.05. The van der Waals surface area contributed by atoms with Gasteiger partial charge in [0.15, 0.2) is 0 Å². The molecular formula is C6H8N4. The Morgan fingerprint density at radius 1 is 1.60 bits per heavy atom. The minimum absolute atomic E-state index is 0.731. The maximum atomic E-state index is 4.85. The molecule has 4 nitrogen and oxygen atoms in total. The SMILES string of the molecule is Cc1cc(N=NN)ccn1. The first kappa shape index (κ1) is 6.67. The van der Waals surface area contributed by atoms with Gasteiger partial charge in [-0.05, 0) is 19.1 Å². The van der Waals surface area contributed by atoms with Crippen LogP contribution in [0, 0.1) is 6.92 Å². The van der Waals surface area contributed by atoms with E-state index >= 15 is 0 Å². The van der Waals surface area contributed by atoms with Gasteiger partial charge in [-0.3, -0.25) is 4.98 Å². The van der Waals surface area contributed by atoms with Gasteiger partial charge in [0.1, 0.15) is 0 Å². The second-order valence-electron chi connectivity index (χ2n) is 1.87. The summed E-state index contributed by atoms with van der Waals surface area (Å²) < 4.78 is 0. The number of aromatic nitrogens is 1. The summed E-state index contributed by atoms with van der Waals surface area (Å²) in [5.74, 6) is 4.85. The van der Waals surface area contributed by atoms with Crippen LogP contribution < -0.4 is 5.84 Å². The van der Waals surface area contributed by atoms with Crippen molar-refractivity contribution in [2.45, 2.75) is 6.92 Å². The van der Waals surface area contributed by atoms with Crippen LogP contribution in [0.2, 0.25) is 0 Å². The first-order chi connectivity index (χ1) is 4.83. The van der Waals surface area contributed by atoms with E-state index in [2.05, 4.69) is 15.3 Å². The first-order valence-corrected chi connectivity index (χ1v) is 2.86. The fraction of sp³-hybridized carbons (Fsp3) is 0.167. The highest BCUT2D eigenvalue weighted by Crippen LogP contribution is 2.10. The summed E-state index contributed by atoms with van der Waals surface area (Å²) in [6, 6.07) is 3.54. The number of hydrogen-bond acceptors (Lipinski definition) is 3. The quantitative estimate of drug-likeness (QED) is 0.359. The maximum absolute atomic E-state index is 4.85. The zero-order valence-electron chi connectivity index (χ0n) is 5.65. The summed E-state index contributed by atoms with van der Waals surface area (Å²) in [5, 5.41) is 6.77. The van der Waals surface area contributed by atoms with Crippen LogP contribution in [0.3, 0.4) is 0 Å². The van der Waals surface area contributed by atoms with Crippen molar-refractivity contribution in [2.24, 2.45) is 16.2 Å². The lowest BCUT2D eigenvalue weighted by atomic mass is 10.3. The lowest BCUT2D eigenvalue weighted by Gasteiger charge is -1.90. The predicted octanol–water partition coefficient (Wildman–Crippen LogP) is 1.35. The van der Waals surface area contributed by atoms with Crippen molar-refractivity contribution in [3.8, 4) is 0 Å². The lowest BCUT2D eigenvalue weighted by Crippen LogP contribution is -1.78. The van der Waals surface area contributed by atoms with Crippen molar-refractivity contribution < 1.29 is 0 Å². The van der Waals surface area contributed by atoms with Crippen LogP contribution in [-0.2, 0) is 0 Å². The molecule has 0 aromatic carbocycles. The highest BCUT2D eigenvalue weighted by Gasteiger charge is 1.87. The second-order valence-corrected chi connectivity index (χ2v) is 1.87. The van der Waals surface area contributed by atoms with Gasteiger partial charge in [0.2, 0.25) is 0 Å². The number of nitrogens with two attached hydrogens (primary N) is 1. The van der Waals surface area contributed by atoms with E-state index in [0.717, 1.165) is 11.4 Å². The average Bonchev–Trinajstić information content (AvgIpc) is 1.88. The van der Waals surface area contributed by atoms with Crippen molar-refractivity contribution >= 4 is 5.69 Å². The summed E-state index contributed by atoms with van der Waals surface area (Å²) >= 11 is 0. The van der Waals surface area contributed by atoms with E-state index in [-0.39, 0.29) is 0 Å². The third kappa shape index (κ3) is 1.51. The molecule has 0 aliphatic rings.